The van der Waals surface area contributed by atoms with Gasteiger partial charge in [0.05, 0.1) is 18.1 Å². The Morgan fingerprint density at radius 3 is 3.21 bits per heavy atom. The van der Waals surface area contributed by atoms with Crippen LogP contribution in [0.4, 0.5) is 5.69 Å². The molecule has 0 saturated carbocycles. The third kappa shape index (κ3) is 2.35. The lowest BCUT2D eigenvalue weighted by molar-refractivity contribution is 0.276. The smallest absolute Gasteiger partial charge is 0.139 e. The van der Waals surface area contributed by atoms with E-state index in [1.54, 1.807) is 18.5 Å². The molecule has 0 bridgehead atoms. The molecule has 0 unspecified atom stereocenters. The van der Waals surface area contributed by atoms with E-state index in [1.807, 2.05) is 0 Å². The minimum atomic E-state index is 0.483. The van der Waals surface area contributed by atoms with E-state index in [0.717, 1.165) is 12.3 Å². The van der Waals surface area contributed by atoms with Crippen LogP contribution in [0.5, 0.6) is 5.75 Å². The number of nitrogens with two attached hydrogens (primary N) is 1. The van der Waals surface area contributed by atoms with Gasteiger partial charge < -0.3 is 15.8 Å². The van der Waals surface area contributed by atoms with Crippen LogP contribution in [-0.2, 0) is 0 Å². The van der Waals surface area contributed by atoms with Crippen LogP contribution in [0.15, 0.2) is 18.5 Å². The number of rotatable bonds is 3. The summed E-state index contributed by atoms with van der Waals surface area (Å²) >= 11 is 0. The average Bonchev–Trinajstić information content (AvgIpc) is 2.67. The van der Waals surface area contributed by atoms with Gasteiger partial charge in [0.1, 0.15) is 12.4 Å². The maximum absolute atomic E-state index is 5.58. The lowest BCUT2D eigenvalue weighted by Gasteiger charge is -2.11. The number of hydrogen-bond donors (Lipinski definition) is 2. The quantitative estimate of drug-likeness (QED) is 0.745. The van der Waals surface area contributed by atoms with Crippen molar-refractivity contribution in [3.05, 3.63) is 18.5 Å². The molecule has 1 atom stereocenters. The molecule has 1 saturated heterocycles. The van der Waals surface area contributed by atoms with Gasteiger partial charge in [-0.2, -0.15) is 0 Å². The Bertz CT molecular complexity index is 297. The third-order valence-corrected chi connectivity index (χ3v) is 2.35. The number of anilines is 1. The molecule has 4 nitrogen and oxygen atoms in total. The second-order valence-electron chi connectivity index (χ2n) is 3.56. The van der Waals surface area contributed by atoms with E-state index in [2.05, 4.69) is 10.3 Å². The van der Waals surface area contributed by atoms with Gasteiger partial charge >= 0.3 is 0 Å². The molecule has 3 N–H and O–H groups in total. The first-order chi connectivity index (χ1) is 6.84. The summed E-state index contributed by atoms with van der Waals surface area (Å²) in [5, 5.41) is 3.36. The molecule has 0 amide bonds. The van der Waals surface area contributed by atoms with E-state index >= 15 is 0 Å². The summed E-state index contributed by atoms with van der Waals surface area (Å²) in [4.78, 5) is 3.96. The first-order valence-electron chi connectivity index (χ1n) is 4.91. The van der Waals surface area contributed by atoms with Gasteiger partial charge in [-0.15, -0.1) is 0 Å². The van der Waals surface area contributed by atoms with Gasteiger partial charge in [0.15, 0.2) is 0 Å². The second kappa shape index (κ2) is 4.28. The molecule has 0 radical (unpaired) electrons. The van der Waals surface area contributed by atoms with E-state index in [9.17, 15) is 0 Å². The van der Waals surface area contributed by atoms with Gasteiger partial charge in [0.2, 0.25) is 0 Å². The molecule has 1 aromatic heterocycles. The van der Waals surface area contributed by atoms with Crippen molar-refractivity contribution in [1.29, 1.82) is 0 Å². The summed E-state index contributed by atoms with van der Waals surface area (Å²) in [5.74, 6) is 0.749. The summed E-state index contributed by atoms with van der Waals surface area (Å²) < 4.78 is 5.57. The molecule has 0 spiro atoms. The number of nitrogens with zero attached hydrogens (tertiary/aromatic N) is 1. The zero-order valence-corrected chi connectivity index (χ0v) is 8.07. The van der Waals surface area contributed by atoms with Crippen LogP contribution in [0, 0.1) is 0 Å². The fourth-order valence-corrected chi connectivity index (χ4v) is 1.61. The monoisotopic (exact) mass is 193 g/mol. The number of hydrogen-bond acceptors (Lipinski definition) is 4. The van der Waals surface area contributed by atoms with Gasteiger partial charge in [0.25, 0.3) is 0 Å². The van der Waals surface area contributed by atoms with Crippen molar-refractivity contribution < 1.29 is 4.74 Å². The topological polar surface area (TPSA) is 60.2 Å². The predicted molar refractivity (Wildman–Crippen MR) is 55.2 cm³/mol. The number of ether oxygens (including phenoxy) is 1. The predicted octanol–water partition coefficient (Wildman–Crippen LogP) is 0.795. The number of pyridine rings is 1. The van der Waals surface area contributed by atoms with Crippen LogP contribution >= 0.6 is 0 Å². The van der Waals surface area contributed by atoms with Crippen molar-refractivity contribution in [1.82, 2.24) is 10.3 Å². The zero-order valence-electron chi connectivity index (χ0n) is 8.07. The molecule has 2 heterocycles. The van der Waals surface area contributed by atoms with Crippen molar-refractivity contribution in [2.45, 2.75) is 18.9 Å². The molecule has 14 heavy (non-hydrogen) atoms. The van der Waals surface area contributed by atoms with E-state index < -0.39 is 0 Å². The van der Waals surface area contributed by atoms with Crippen molar-refractivity contribution >= 4 is 5.69 Å². The normalized spacial score (nSPS) is 21.0. The fourth-order valence-electron chi connectivity index (χ4n) is 1.61. The highest BCUT2D eigenvalue weighted by molar-refractivity contribution is 5.39. The van der Waals surface area contributed by atoms with Crippen LogP contribution in [0.25, 0.3) is 0 Å². The van der Waals surface area contributed by atoms with E-state index in [4.69, 9.17) is 10.5 Å². The molecule has 1 aliphatic heterocycles. The van der Waals surface area contributed by atoms with Gasteiger partial charge in [0, 0.05) is 12.1 Å². The molecule has 4 heteroatoms. The summed E-state index contributed by atoms with van der Waals surface area (Å²) in [6, 6.07) is 2.28. The first-order valence-corrected chi connectivity index (χ1v) is 4.91. The lowest BCUT2D eigenvalue weighted by Crippen LogP contribution is -2.28. The SMILES string of the molecule is Nc1cncc(OC[C@H]2CCCN2)c1. The lowest BCUT2D eigenvalue weighted by atomic mass is 10.2. The molecule has 76 valence electrons. The molecule has 0 aromatic carbocycles. The maximum atomic E-state index is 5.58. The molecule has 1 fully saturated rings. The van der Waals surface area contributed by atoms with E-state index in [1.165, 1.54) is 12.8 Å². The van der Waals surface area contributed by atoms with Crippen molar-refractivity contribution in [3.63, 3.8) is 0 Å². The summed E-state index contributed by atoms with van der Waals surface area (Å²) in [5.41, 5.74) is 6.22. The van der Waals surface area contributed by atoms with E-state index in [-0.39, 0.29) is 0 Å². The summed E-state index contributed by atoms with van der Waals surface area (Å²) in [6.07, 6.45) is 5.73. The Balaban J connectivity index is 1.85. The Labute approximate surface area is 83.5 Å². The highest BCUT2D eigenvalue weighted by Crippen LogP contribution is 2.13. The Hall–Kier alpha value is -1.29. The minimum absolute atomic E-state index is 0.483. The number of aromatic nitrogens is 1. The minimum Gasteiger partial charge on any atom is -0.490 e. The Morgan fingerprint density at radius 2 is 2.50 bits per heavy atom. The summed E-state index contributed by atoms with van der Waals surface area (Å²) in [7, 11) is 0. The molecule has 1 aromatic rings. The fraction of sp³-hybridized carbons (Fsp3) is 0.500. The molecule has 1 aliphatic rings. The largest absolute Gasteiger partial charge is 0.490 e. The molecular weight excluding hydrogens is 178 g/mol. The first kappa shape index (κ1) is 9.27. The number of nitrogens with one attached hydrogen (secondary N) is 1. The van der Waals surface area contributed by atoms with E-state index in [0.29, 0.717) is 18.3 Å². The van der Waals surface area contributed by atoms with Crippen LogP contribution in [0.2, 0.25) is 0 Å². The molecule has 0 aliphatic carbocycles. The standard InChI is InChI=1S/C10H15N3O/c11-8-4-10(6-12-5-8)14-7-9-2-1-3-13-9/h4-6,9,13H,1-3,7,11H2/t9-/m1/s1. The van der Waals surface area contributed by atoms with Gasteiger partial charge in [-0.3, -0.25) is 4.98 Å². The van der Waals surface area contributed by atoms with Gasteiger partial charge in [-0.25, -0.2) is 0 Å². The van der Waals surface area contributed by atoms with Crippen LogP contribution in [0.1, 0.15) is 12.8 Å². The molecule has 2 rings (SSSR count). The average molecular weight is 193 g/mol. The highest BCUT2D eigenvalue weighted by atomic mass is 16.5. The third-order valence-electron chi connectivity index (χ3n) is 2.35. The Kier molecular flexibility index (Phi) is 2.84. The van der Waals surface area contributed by atoms with Gasteiger partial charge in [-0.1, -0.05) is 0 Å². The number of nitrogen functional groups attached to an aromatic ring is 1. The Morgan fingerprint density at radius 1 is 1.57 bits per heavy atom. The summed E-state index contributed by atoms with van der Waals surface area (Å²) in [6.45, 7) is 1.80. The van der Waals surface area contributed by atoms with Crippen LogP contribution in [-0.4, -0.2) is 24.2 Å². The molecular formula is C10H15N3O. The van der Waals surface area contributed by atoms with Crippen molar-refractivity contribution in [3.8, 4) is 5.75 Å². The highest BCUT2D eigenvalue weighted by Gasteiger charge is 2.14. The second-order valence-corrected chi connectivity index (χ2v) is 3.56. The maximum Gasteiger partial charge on any atom is 0.139 e. The van der Waals surface area contributed by atoms with Gasteiger partial charge in [-0.05, 0) is 19.4 Å². The zero-order chi connectivity index (χ0) is 9.80. The van der Waals surface area contributed by atoms with Crippen molar-refractivity contribution in [2.24, 2.45) is 0 Å². The van der Waals surface area contributed by atoms with Crippen LogP contribution < -0.4 is 15.8 Å². The van der Waals surface area contributed by atoms with Crippen LogP contribution in [0.3, 0.4) is 0 Å². The van der Waals surface area contributed by atoms with Crippen molar-refractivity contribution in [2.75, 3.05) is 18.9 Å².